The summed E-state index contributed by atoms with van der Waals surface area (Å²) >= 11 is 0. The maximum atomic E-state index is 11.9. The Balaban J connectivity index is 1.30. The van der Waals surface area contributed by atoms with Gasteiger partial charge < -0.3 is 15.0 Å². The van der Waals surface area contributed by atoms with E-state index >= 15 is 0 Å². The predicted octanol–water partition coefficient (Wildman–Crippen LogP) is 1.02. The van der Waals surface area contributed by atoms with Crippen molar-refractivity contribution < 1.29 is 9.53 Å². The normalized spacial score (nSPS) is 17.0. The minimum atomic E-state index is -0.419. The maximum absolute atomic E-state index is 11.9. The number of fused-ring (bicyclic) bond motifs is 1. The minimum Gasteiger partial charge on any atom is -0.445 e. The molecule has 25 heavy (non-hydrogen) atoms. The SMILES string of the molecule is O=C(NC1CCN(c2ccc3nncn3n2)C1)OCc1cccnc1. The molecule has 4 heterocycles. The summed E-state index contributed by atoms with van der Waals surface area (Å²) in [5.74, 6) is 0.834. The zero-order valence-electron chi connectivity index (χ0n) is 13.4. The van der Waals surface area contributed by atoms with Crippen molar-refractivity contribution in [3.05, 3.63) is 48.5 Å². The van der Waals surface area contributed by atoms with Crippen molar-refractivity contribution in [2.75, 3.05) is 18.0 Å². The number of carbonyl (C=O) groups excluding carboxylic acids is 1. The van der Waals surface area contributed by atoms with Crippen molar-refractivity contribution in [3.63, 3.8) is 0 Å². The monoisotopic (exact) mass is 339 g/mol. The lowest BCUT2D eigenvalue weighted by atomic mass is 10.3. The topological polar surface area (TPSA) is 97.5 Å². The number of amides is 1. The van der Waals surface area contributed by atoms with Crippen LogP contribution in [-0.2, 0) is 11.3 Å². The third-order valence-electron chi connectivity index (χ3n) is 4.07. The standard InChI is InChI=1S/C16H17N7O2/c24-16(25-10-12-2-1-6-17-8-12)19-13-5-7-22(9-13)15-4-3-14-20-18-11-23(14)21-15/h1-4,6,8,11,13H,5,7,9-10H2,(H,19,24). The first-order valence-corrected chi connectivity index (χ1v) is 8.02. The van der Waals surface area contributed by atoms with Gasteiger partial charge in [-0.05, 0) is 24.6 Å². The summed E-state index contributed by atoms with van der Waals surface area (Å²) in [7, 11) is 0. The lowest BCUT2D eigenvalue weighted by molar-refractivity contribution is 0.136. The molecule has 1 fully saturated rings. The van der Waals surface area contributed by atoms with E-state index in [2.05, 4.69) is 30.5 Å². The molecule has 0 spiro atoms. The fourth-order valence-corrected chi connectivity index (χ4v) is 2.81. The Bertz CT molecular complexity index is 867. The van der Waals surface area contributed by atoms with Crippen LogP contribution in [0.4, 0.5) is 10.6 Å². The molecule has 0 radical (unpaired) electrons. The molecule has 0 aromatic carbocycles. The van der Waals surface area contributed by atoms with Crippen LogP contribution in [-0.4, -0.2) is 50.0 Å². The molecule has 1 aliphatic rings. The van der Waals surface area contributed by atoms with Gasteiger partial charge in [0.2, 0.25) is 0 Å². The summed E-state index contributed by atoms with van der Waals surface area (Å²) in [6.07, 6.45) is 5.35. The van der Waals surface area contributed by atoms with Crippen molar-refractivity contribution in [3.8, 4) is 0 Å². The number of alkyl carbamates (subject to hydrolysis) is 1. The summed E-state index contributed by atoms with van der Waals surface area (Å²) in [6, 6.07) is 7.49. The molecule has 3 aromatic heterocycles. The molecule has 1 unspecified atom stereocenters. The lowest BCUT2D eigenvalue weighted by Gasteiger charge is -2.17. The Morgan fingerprint density at radius 2 is 2.32 bits per heavy atom. The summed E-state index contributed by atoms with van der Waals surface area (Å²) in [5, 5.41) is 15.1. The minimum absolute atomic E-state index is 0.0276. The first-order valence-electron chi connectivity index (χ1n) is 8.02. The molecule has 0 bridgehead atoms. The summed E-state index contributed by atoms with van der Waals surface area (Å²) < 4.78 is 6.87. The molecular weight excluding hydrogens is 322 g/mol. The molecule has 9 heteroatoms. The van der Waals surface area contributed by atoms with Crippen LogP contribution in [0.2, 0.25) is 0 Å². The molecular formula is C16H17N7O2. The van der Waals surface area contributed by atoms with E-state index in [9.17, 15) is 4.79 Å². The second-order valence-corrected chi connectivity index (χ2v) is 5.84. The predicted molar refractivity (Wildman–Crippen MR) is 89.0 cm³/mol. The quantitative estimate of drug-likeness (QED) is 0.758. The summed E-state index contributed by atoms with van der Waals surface area (Å²) in [5.41, 5.74) is 1.56. The van der Waals surface area contributed by atoms with Crippen molar-refractivity contribution in [2.45, 2.75) is 19.1 Å². The number of aromatic nitrogens is 5. The molecule has 0 aliphatic carbocycles. The van der Waals surface area contributed by atoms with Gasteiger partial charge in [-0.1, -0.05) is 6.07 Å². The Kier molecular flexibility index (Phi) is 4.11. The van der Waals surface area contributed by atoms with Gasteiger partial charge in [0.05, 0.1) is 6.04 Å². The van der Waals surface area contributed by atoms with Gasteiger partial charge in [0.25, 0.3) is 0 Å². The van der Waals surface area contributed by atoms with E-state index in [0.717, 1.165) is 24.3 Å². The molecule has 3 aromatic rings. The van der Waals surface area contributed by atoms with Gasteiger partial charge in [-0.2, -0.15) is 4.52 Å². The highest BCUT2D eigenvalue weighted by Crippen LogP contribution is 2.18. The average Bonchev–Trinajstić information content (AvgIpc) is 3.29. The maximum Gasteiger partial charge on any atom is 0.407 e. The molecule has 9 nitrogen and oxygen atoms in total. The fraction of sp³-hybridized carbons (Fsp3) is 0.312. The van der Waals surface area contributed by atoms with Crippen LogP contribution in [0.3, 0.4) is 0 Å². The van der Waals surface area contributed by atoms with E-state index in [4.69, 9.17) is 4.74 Å². The van der Waals surface area contributed by atoms with E-state index in [-0.39, 0.29) is 12.6 Å². The number of hydrogen-bond acceptors (Lipinski definition) is 7. The van der Waals surface area contributed by atoms with Crippen LogP contribution < -0.4 is 10.2 Å². The number of ether oxygens (including phenoxy) is 1. The van der Waals surface area contributed by atoms with Crippen LogP contribution in [0.25, 0.3) is 5.65 Å². The van der Waals surface area contributed by atoms with E-state index < -0.39 is 6.09 Å². The van der Waals surface area contributed by atoms with Crippen molar-refractivity contribution in [1.29, 1.82) is 0 Å². The van der Waals surface area contributed by atoms with E-state index in [1.54, 1.807) is 23.2 Å². The Labute approximate surface area is 143 Å². The van der Waals surface area contributed by atoms with Gasteiger partial charge in [-0.15, -0.1) is 15.3 Å². The Morgan fingerprint density at radius 3 is 3.20 bits per heavy atom. The fourth-order valence-electron chi connectivity index (χ4n) is 2.81. The number of rotatable bonds is 4. The number of anilines is 1. The van der Waals surface area contributed by atoms with Crippen LogP contribution in [0.15, 0.2) is 43.0 Å². The molecule has 0 saturated carbocycles. The van der Waals surface area contributed by atoms with Gasteiger partial charge in [0.1, 0.15) is 18.8 Å². The average molecular weight is 339 g/mol. The van der Waals surface area contributed by atoms with Crippen molar-refractivity contribution in [2.24, 2.45) is 0 Å². The van der Waals surface area contributed by atoms with Crippen LogP contribution >= 0.6 is 0 Å². The van der Waals surface area contributed by atoms with Gasteiger partial charge in [-0.3, -0.25) is 4.98 Å². The molecule has 1 atom stereocenters. The molecule has 1 aliphatic heterocycles. The third-order valence-corrected chi connectivity index (χ3v) is 4.07. The van der Waals surface area contributed by atoms with Gasteiger partial charge >= 0.3 is 6.09 Å². The first-order chi connectivity index (χ1) is 12.3. The number of nitrogens with zero attached hydrogens (tertiary/aromatic N) is 6. The van der Waals surface area contributed by atoms with Crippen LogP contribution in [0.1, 0.15) is 12.0 Å². The van der Waals surface area contributed by atoms with Crippen LogP contribution in [0.5, 0.6) is 0 Å². The molecule has 1 amide bonds. The lowest BCUT2D eigenvalue weighted by Crippen LogP contribution is -2.37. The second kappa shape index (κ2) is 6.71. The molecule has 128 valence electrons. The highest BCUT2D eigenvalue weighted by molar-refractivity contribution is 5.68. The molecule has 1 N–H and O–H groups in total. The number of pyridine rings is 1. The summed E-state index contributed by atoms with van der Waals surface area (Å²) in [4.78, 5) is 18.1. The number of carbonyl (C=O) groups is 1. The van der Waals surface area contributed by atoms with Crippen molar-refractivity contribution in [1.82, 2.24) is 30.1 Å². The highest BCUT2D eigenvalue weighted by atomic mass is 16.5. The zero-order chi connectivity index (χ0) is 17.1. The van der Waals surface area contributed by atoms with E-state index in [1.165, 1.54) is 0 Å². The zero-order valence-corrected chi connectivity index (χ0v) is 13.4. The van der Waals surface area contributed by atoms with E-state index in [1.807, 2.05) is 24.3 Å². The van der Waals surface area contributed by atoms with E-state index in [0.29, 0.717) is 12.2 Å². The molecule has 1 saturated heterocycles. The largest absolute Gasteiger partial charge is 0.445 e. The van der Waals surface area contributed by atoms with Crippen molar-refractivity contribution >= 4 is 17.6 Å². The van der Waals surface area contributed by atoms with Crippen LogP contribution in [0, 0.1) is 0 Å². The number of hydrogen-bond donors (Lipinski definition) is 1. The van der Waals surface area contributed by atoms with Gasteiger partial charge in [-0.25, -0.2) is 4.79 Å². The van der Waals surface area contributed by atoms with Gasteiger partial charge in [0.15, 0.2) is 5.65 Å². The summed E-state index contributed by atoms with van der Waals surface area (Å²) in [6.45, 7) is 1.71. The molecule has 4 rings (SSSR count). The third kappa shape index (κ3) is 3.49. The smallest absolute Gasteiger partial charge is 0.407 e. The second-order valence-electron chi connectivity index (χ2n) is 5.84. The highest BCUT2D eigenvalue weighted by Gasteiger charge is 2.25. The Morgan fingerprint density at radius 1 is 1.36 bits per heavy atom. The van der Waals surface area contributed by atoms with Gasteiger partial charge in [0, 0.05) is 31.0 Å². The first kappa shape index (κ1) is 15.3. The Hall–Kier alpha value is -3.23. The number of nitrogens with one attached hydrogen (secondary N) is 1.